The number of nitrogens with one attached hydrogen (secondary N) is 1. The molecule has 0 aliphatic rings. The van der Waals surface area contributed by atoms with Crippen LogP contribution in [-0.4, -0.2) is 15.7 Å². The molecule has 0 fully saturated rings. The zero-order valence-corrected chi connectivity index (χ0v) is 15.8. The van der Waals surface area contributed by atoms with Crippen molar-refractivity contribution in [2.45, 2.75) is 13.8 Å². The standard InChI is InChI=1S/C23H21N5/c1-15-7-9-18(10-8-15)22-25-21-6-4-3-5-20(21)23(26-22)28-27-16(2)17-11-13-19(24)14-12-17/h3-14H,24H2,1-2H3,(H,25,26,28). The molecular weight excluding hydrogens is 346 g/mol. The SMILES string of the molecule is CC(=NNc1nc(-c2ccc(C)cc2)nc2ccccc12)c1ccc(N)cc1. The average Bonchev–Trinajstić information content (AvgIpc) is 2.72. The van der Waals surface area contributed by atoms with Gasteiger partial charge in [0.1, 0.15) is 0 Å². The first-order valence-corrected chi connectivity index (χ1v) is 9.10. The van der Waals surface area contributed by atoms with Crippen molar-refractivity contribution in [3.63, 3.8) is 0 Å². The Bertz CT molecular complexity index is 1150. The lowest BCUT2D eigenvalue weighted by molar-refractivity contribution is 1.18. The molecule has 3 aromatic carbocycles. The third-order valence-electron chi connectivity index (χ3n) is 4.57. The molecule has 138 valence electrons. The first-order chi connectivity index (χ1) is 13.6. The van der Waals surface area contributed by atoms with Gasteiger partial charge in [-0.15, -0.1) is 0 Å². The third-order valence-corrected chi connectivity index (χ3v) is 4.57. The summed E-state index contributed by atoms with van der Waals surface area (Å²) in [6.07, 6.45) is 0. The van der Waals surface area contributed by atoms with Crippen molar-refractivity contribution >= 4 is 28.1 Å². The van der Waals surface area contributed by atoms with E-state index in [1.165, 1.54) is 5.56 Å². The van der Waals surface area contributed by atoms with Gasteiger partial charge in [0, 0.05) is 16.6 Å². The molecule has 4 rings (SSSR count). The van der Waals surface area contributed by atoms with Crippen molar-refractivity contribution in [2.24, 2.45) is 5.10 Å². The monoisotopic (exact) mass is 367 g/mol. The zero-order valence-electron chi connectivity index (χ0n) is 15.8. The number of rotatable bonds is 4. The predicted molar refractivity (Wildman–Crippen MR) is 116 cm³/mol. The van der Waals surface area contributed by atoms with E-state index in [0.29, 0.717) is 11.6 Å². The maximum Gasteiger partial charge on any atom is 0.162 e. The topological polar surface area (TPSA) is 76.2 Å². The second kappa shape index (κ2) is 7.48. The van der Waals surface area contributed by atoms with Crippen molar-refractivity contribution in [3.8, 4) is 11.4 Å². The second-order valence-electron chi connectivity index (χ2n) is 6.71. The van der Waals surface area contributed by atoms with Crippen LogP contribution >= 0.6 is 0 Å². The number of aryl methyl sites for hydroxylation is 1. The number of hydrogen-bond donors (Lipinski definition) is 2. The number of nitrogens with zero attached hydrogens (tertiary/aromatic N) is 3. The quantitative estimate of drug-likeness (QED) is 0.301. The van der Waals surface area contributed by atoms with Gasteiger partial charge in [0.05, 0.1) is 11.2 Å². The number of hydrogen-bond acceptors (Lipinski definition) is 5. The maximum absolute atomic E-state index is 5.76. The summed E-state index contributed by atoms with van der Waals surface area (Å²) in [6.45, 7) is 4.01. The van der Waals surface area contributed by atoms with Gasteiger partial charge in [0.2, 0.25) is 0 Å². The van der Waals surface area contributed by atoms with Crippen LogP contribution in [0.2, 0.25) is 0 Å². The fourth-order valence-corrected chi connectivity index (χ4v) is 2.92. The fraction of sp³-hybridized carbons (Fsp3) is 0.0870. The summed E-state index contributed by atoms with van der Waals surface area (Å²) >= 11 is 0. The molecule has 4 aromatic rings. The van der Waals surface area contributed by atoms with E-state index in [1.54, 1.807) is 0 Å². The van der Waals surface area contributed by atoms with Gasteiger partial charge in [-0.1, -0.05) is 54.1 Å². The molecule has 0 spiro atoms. The van der Waals surface area contributed by atoms with Gasteiger partial charge in [-0.25, -0.2) is 9.97 Å². The minimum Gasteiger partial charge on any atom is -0.399 e. The molecule has 3 N–H and O–H groups in total. The highest BCUT2D eigenvalue weighted by atomic mass is 15.3. The number of anilines is 2. The molecule has 0 saturated carbocycles. The van der Waals surface area contributed by atoms with Gasteiger partial charge < -0.3 is 5.73 Å². The number of benzene rings is 3. The Morgan fingerprint density at radius 2 is 1.61 bits per heavy atom. The number of nitrogens with two attached hydrogens (primary N) is 1. The molecule has 0 saturated heterocycles. The number of nitrogen functional groups attached to an aromatic ring is 1. The van der Waals surface area contributed by atoms with E-state index in [9.17, 15) is 0 Å². The fourth-order valence-electron chi connectivity index (χ4n) is 2.92. The van der Waals surface area contributed by atoms with Gasteiger partial charge in [0.25, 0.3) is 0 Å². The largest absolute Gasteiger partial charge is 0.399 e. The molecule has 0 bridgehead atoms. The molecule has 5 heteroatoms. The molecule has 1 aromatic heterocycles. The summed E-state index contributed by atoms with van der Waals surface area (Å²) in [5, 5.41) is 5.45. The number of hydrazone groups is 1. The van der Waals surface area contributed by atoms with Crippen LogP contribution < -0.4 is 11.2 Å². The Morgan fingerprint density at radius 3 is 2.36 bits per heavy atom. The Morgan fingerprint density at radius 1 is 0.893 bits per heavy atom. The van der Waals surface area contributed by atoms with Crippen LogP contribution in [0.15, 0.2) is 77.9 Å². The van der Waals surface area contributed by atoms with Crippen LogP contribution in [0, 0.1) is 6.92 Å². The Hall–Kier alpha value is -3.73. The van der Waals surface area contributed by atoms with E-state index >= 15 is 0 Å². The van der Waals surface area contributed by atoms with E-state index < -0.39 is 0 Å². The molecule has 0 unspecified atom stereocenters. The highest BCUT2D eigenvalue weighted by Gasteiger charge is 2.09. The molecule has 0 atom stereocenters. The van der Waals surface area contributed by atoms with Crippen LogP contribution in [0.25, 0.3) is 22.3 Å². The van der Waals surface area contributed by atoms with E-state index in [4.69, 9.17) is 15.7 Å². The van der Waals surface area contributed by atoms with Crippen molar-refractivity contribution in [2.75, 3.05) is 11.2 Å². The van der Waals surface area contributed by atoms with E-state index in [1.807, 2.05) is 67.6 Å². The third kappa shape index (κ3) is 3.69. The summed E-state index contributed by atoms with van der Waals surface area (Å²) in [7, 11) is 0. The Kier molecular flexibility index (Phi) is 4.72. The molecular formula is C23H21N5. The van der Waals surface area contributed by atoms with Gasteiger partial charge in [-0.3, -0.25) is 5.43 Å². The molecule has 0 aliphatic heterocycles. The summed E-state index contributed by atoms with van der Waals surface area (Å²) in [4.78, 5) is 9.45. The molecule has 5 nitrogen and oxygen atoms in total. The summed E-state index contributed by atoms with van der Waals surface area (Å²) in [5.74, 6) is 1.34. The van der Waals surface area contributed by atoms with E-state index in [-0.39, 0.29) is 0 Å². The highest BCUT2D eigenvalue weighted by molar-refractivity contribution is 6.00. The molecule has 28 heavy (non-hydrogen) atoms. The molecule has 0 amide bonds. The van der Waals surface area contributed by atoms with Gasteiger partial charge in [0.15, 0.2) is 11.6 Å². The minimum absolute atomic E-state index is 0.668. The number of aromatic nitrogens is 2. The Balaban J connectivity index is 1.73. The van der Waals surface area contributed by atoms with Crippen molar-refractivity contribution in [1.82, 2.24) is 9.97 Å². The lowest BCUT2D eigenvalue weighted by atomic mass is 10.1. The Labute approximate surface area is 164 Å². The summed E-state index contributed by atoms with van der Waals surface area (Å²) < 4.78 is 0. The lowest BCUT2D eigenvalue weighted by Crippen LogP contribution is -2.03. The van der Waals surface area contributed by atoms with Crippen LogP contribution in [0.1, 0.15) is 18.1 Å². The highest BCUT2D eigenvalue weighted by Crippen LogP contribution is 2.25. The van der Waals surface area contributed by atoms with Crippen LogP contribution in [0.3, 0.4) is 0 Å². The normalized spacial score (nSPS) is 11.6. The first-order valence-electron chi connectivity index (χ1n) is 9.10. The number of fused-ring (bicyclic) bond motifs is 1. The van der Waals surface area contributed by atoms with Crippen molar-refractivity contribution in [1.29, 1.82) is 0 Å². The van der Waals surface area contributed by atoms with Gasteiger partial charge in [-0.2, -0.15) is 5.10 Å². The molecule has 1 heterocycles. The van der Waals surface area contributed by atoms with Crippen LogP contribution in [-0.2, 0) is 0 Å². The minimum atomic E-state index is 0.668. The van der Waals surface area contributed by atoms with E-state index in [0.717, 1.165) is 33.4 Å². The first kappa shape index (κ1) is 17.7. The van der Waals surface area contributed by atoms with Crippen LogP contribution in [0.4, 0.5) is 11.5 Å². The maximum atomic E-state index is 5.76. The second-order valence-corrected chi connectivity index (χ2v) is 6.71. The molecule has 0 radical (unpaired) electrons. The van der Waals surface area contributed by atoms with Crippen LogP contribution in [0.5, 0.6) is 0 Å². The van der Waals surface area contributed by atoms with Gasteiger partial charge in [-0.05, 0) is 43.7 Å². The lowest BCUT2D eigenvalue weighted by Gasteiger charge is -2.09. The number of para-hydroxylation sites is 1. The zero-order chi connectivity index (χ0) is 19.5. The molecule has 0 aliphatic carbocycles. The van der Waals surface area contributed by atoms with E-state index in [2.05, 4.69) is 29.6 Å². The summed E-state index contributed by atoms with van der Waals surface area (Å²) in [6, 6.07) is 23.7. The van der Waals surface area contributed by atoms with Crippen molar-refractivity contribution in [3.05, 3.63) is 83.9 Å². The smallest absolute Gasteiger partial charge is 0.162 e. The van der Waals surface area contributed by atoms with Crippen molar-refractivity contribution < 1.29 is 0 Å². The average molecular weight is 367 g/mol. The van der Waals surface area contributed by atoms with Gasteiger partial charge >= 0.3 is 0 Å². The summed E-state index contributed by atoms with van der Waals surface area (Å²) in [5.41, 5.74) is 14.5. The predicted octanol–water partition coefficient (Wildman–Crippen LogP) is 5.02.